The molecule has 7 heterocycles. The number of ketones is 1. The van der Waals surface area contributed by atoms with Gasteiger partial charge in [0.25, 0.3) is 0 Å². The van der Waals surface area contributed by atoms with Gasteiger partial charge in [0.05, 0.1) is 96.9 Å². The summed E-state index contributed by atoms with van der Waals surface area (Å²) < 4.78 is 57.1. The fourth-order valence-corrected chi connectivity index (χ4v) is 12.2. The van der Waals surface area contributed by atoms with Gasteiger partial charge in [-0.15, -0.1) is 0 Å². The van der Waals surface area contributed by atoms with Crippen LogP contribution < -0.4 is 34.4 Å². The van der Waals surface area contributed by atoms with Gasteiger partial charge in [-0.3, -0.25) is 4.79 Å². The number of aliphatic hydroxyl groups is 41. The molecule has 8 aliphatic rings. The molecule has 128 heavy (non-hydrogen) atoms. The van der Waals surface area contributed by atoms with Crippen LogP contribution in [0.5, 0.6) is 0 Å². The van der Waals surface area contributed by atoms with Gasteiger partial charge in [-0.2, -0.15) is 0 Å². The molecule has 0 aromatic heterocycles. The molecule has 1 saturated carbocycles. The number of carbonyl (C=O) groups is 3. The lowest BCUT2D eigenvalue weighted by atomic mass is 9.80. The lowest BCUT2D eigenvalue weighted by Crippen LogP contribution is -2.65. The summed E-state index contributed by atoms with van der Waals surface area (Å²) in [6, 6.07) is -2.53. The second-order valence-corrected chi connectivity index (χ2v) is 29.8. The third-order valence-electron chi connectivity index (χ3n) is 20.7. The first-order valence-electron chi connectivity index (χ1n) is 38.9. The Kier molecular flexibility index (Phi) is 57.2. The third-order valence-corrected chi connectivity index (χ3v) is 20.7. The second-order valence-electron chi connectivity index (χ2n) is 29.8. The number of methoxy groups -OCH3 is 1. The SMILES string of the molecule is CO[C@H]1O[C@H](CO)[C@@H](O)[C@H](O)[C@H]1O.NC1OC[C@@H](O)[C@@H](O)[C@H]1O.NC1O[C@H](CO)[C@@H](O)[C@H](O)[C@H]1O.NC1O[C@H](CO)[C@H](O)[C@H](O)[C@H]1O.NCC(=O)[C@@H](O)[C@H](O)[C@H](O)CO.N[C@@H](C=O)[C@@H](O)[C@H](O)[C@H](O)CO.N[C@H](C=O)[C@@H](O)[C@H](O)[C@H](O)CO.OC[C@H]1C[C@H](O[C@]2(CO)O[C@H](CO)[C@@H](O)[C@@H]2O)[C@H](O[C@H]2O[C@H](CO[C@H]3O[C@H](CO)[C@H](O)[C@H](O)[C@H]3O)[C@H](O)[C@H](O)[C@H]2O)[C@@H](O)[C@@H]1O. The first-order chi connectivity index (χ1) is 59.7. The van der Waals surface area contributed by atoms with E-state index in [1.807, 2.05) is 0 Å². The molecule has 762 valence electrons. The van der Waals surface area contributed by atoms with Crippen LogP contribution in [0.25, 0.3) is 0 Å². The molecule has 3 unspecified atom stereocenters. The molecule has 49 atom stereocenters. The lowest BCUT2D eigenvalue weighted by molar-refractivity contribution is -0.364. The smallest absolute Gasteiger partial charge is 0.221 e. The number of Topliss-reactive ketones (excluding diaryl/α,β-unsaturated/α-hetero) is 1. The average Bonchev–Trinajstić information content (AvgIpc) is 1.53. The Morgan fingerprint density at radius 1 is 0.406 bits per heavy atom. The number of ether oxygens (including phenoxy) is 11. The topological polar surface area (TPSA) is 1140 Å². The maximum absolute atomic E-state index is 10.9. The van der Waals surface area contributed by atoms with Crippen LogP contribution in [0.3, 0.4) is 0 Å². The van der Waals surface area contributed by atoms with E-state index < -0.39 is 384 Å². The summed E-state index contributed by atoms with van der Waals surface area (Å²) in [4.78, 5) is 30.7. The van der Waals surface area contributed by atoms with E-state index in [1.165, 1.54) is 7.11 Å². The van der Waals surface area contributed by atoms with E-state index in [0.717, 1.165) is 0 Å². The highest BCUT2D eigenvalue weighted by Gasteiger charge is 2.60. The van der Waals surface area contributed by atoms with Crippen molar-refractivity contribution in [2.75, 3.05) is 92.9 Å². The van der Waals surface area contributed by atoms with Gasteiger partial charge in [0.1, 0.15) is 264 Å². The molecule has 8 rings (SSSR count). The molecule has 1 aliphatic carbocycles. The summed E-state index contributed by atoms with van der Waals surface area (Å²) >= 11 is 0. The number of hydrogen-bond acceptors (Lipinski definition) is 61. The van der Waals surface area contributed by atoms with E-state index in [1.54, 1.807) is 0 Å². The minimum Gasteiger partial charge on any atom is -0.396 e. The quantitative estimate of drug-likeness (QED) is 0.0297. The highest BCUT2D eigenvalue weighted by Crippen LogP contribution is 2.40. The maximum atomic E-state index is 10.9. The van der Waals surface area contributed by atoms with Crippen LogP contribution in [-0.4, -0.2) is 614 Å². The number of hydrogen-bond donors (Lipinski definition) is 47. The molecule has 0 amide bonds. The number of carbonyl (C=O) groups excluding carboxylic acids is 3. The van der Waals surface area contributed by atoms with E-state index in [2.05, 4.69) is 0 Å². The van der Waals surface area contributed by atoms with Crippen molar-refractivity contribution in [1.29, 1.82) is 0 Å². The predicted molar refractivity (Wildman–Crippen MR) is 403 cm³/mol. The summed E-state index contributed by atoms with van der Waals surface area (Å²) in [5.74, 6) is -4.19. The Hall–Kier alpha value is -3.31. The Balaban J connectivity index is 0.000000811. The molecular formula is C67H134N6O55. The van der Waals surface area contributed by atoms with Crippen LogP contribution in [0.15, 0.2) is 0 Å². The number of nitrogens with two attached hydrogens (primary N) is 6. The third kappa shape index (κ3) is 33.8. The van der Waals surface area contributed by atoms with Gasteiger partial charge in [0, 0.05) is 19.6 Å². The summed E-state index contributed by atoms with van der Waals surface area (Å²) in [7, 11) is 1.30. The molecule has 0 aromatic rings. The average molecular weight is 1900 g/mol. The van der Waals surface area contributed by atoms with Crippen molar-refractivity contribution in [2.24, 2.45) is 40.3 Å². The summed E-state index contributed by atoms with van der Waals surface area (Å²) in [6.07, 6.45) is -65.5. The largest absolute Gasteiger partial charge is 0.396 e. The maximum Gasteiger partial charge on any atom is 0.221 e. The van der Waals surface area contributed by atoms with Gasteiger partial charge in [0.15, 0.2) is 24.7 Å². The normalized spacial score (nSPS) is 42.0. The van der Waals surface area contributed by atoms with E-state index >= 15 is 0 Å². The molecule has 61 heteroatoms. The molecule has 7 aliphatic heterocycles. The Labute approximate surface area is 725 Å². The van der Waals surface area contributed by atoms with Gasteiger partial charge >= 0.3 is 0 Å². The number of rotatable bonds is 30. The van der Waals surface area contributed by atoms with Gasteiger partial charge < -0.3 is 305 Å². The Morgan fingerprint density at radius 2 is 0.766 bits per heavy atom. The van der Waals surface area contributed by atoms with Crippen LogP contribution in [0.4, 0.5) is 0 Å². The van der Waals surface area contributed by atoms with Crippen LogP contribution in [0.2, 0.25) is 0 Å². The van der Waals surface area contributed by atoms with Crippen LogP contribution in [-0.2, 0) is 66.5 Å². The van der Waals surface area contributed by atoms with Gasteiger partial charge in [-0.1, -0.05) is 0 Å². The van der Waals surface area contributed by atoms with Crippen molar-refractivity contribution in [3.63, 3.8) is 0 Å². The molecule has 7 saturated heterocycles. The molecule has 0 bridgehead atoms. The van der Waals surface area contributed by atoms with Crippen molar-refractivity contribution in [2.45, 2.75) is 300 Å². The predicted octanol–water partition coefficient (Wildman–Crippen LogP) is -31.0. The fraction of sp³-hybridized carbons (Fsp3) is 0.955. The zero-order valence-electron chi connectivity index (χ0n) is 68.3. The standard InChI is InChI=1S/C25H44O20.C7H14O6.5C6H13NO5.C5H11NO4/c26-2-7-1-8(44-25(6-29)22(39)15(33)10(4-28)45-25)21(18(36)12(7)30)43-24-20(38)17(35)14(32)11(42-24)5-40-23-19(37)16(34)13(31)9(3-27)41-23;1-12-7-6(11)5(10)4(9)3(2-8)13-7;2*7-6-5(11)4(10)3(9)2(1-8)12-6;2*7-3(1-8)5(11)6(12)4(10)2-9;7-1-3(9)5(11)6(12)4(10)2-8;6-5-4(9)3(8)2(7)1-10-5/h7-24,26-39H,1-6H2;3-11H,2H2,1H3;2*2-6,8-11H,1,7H2;2*1,3-6,9-12H,2,7H2;4-6,8,10-12H,1-2,7H2;2-5,7-9H,1,6H2/t7-,8+,9-,10-,11-,12-,13+,14+,15-,16+,17+,18+,19-,20-,21+,22+,23+,24-,25-;3-,4-,5+,6-,7+;2-,3+,4+,5-,6?;2-,3-,4+,5-,6?;3-,4+,5+,6+;3-,4-,5-,6-;4-,5-,6-;2-,3-,4-,5?/m11110111/s1. The second kappa shape index (κ2) is 59.6. The van der Waals surface area contributed by atoms with Crippen LogP contribution in [0, 0.1) is 5.92 Å². The molecule has 8 fully saturated rings. The minimum atomic E-state index is -2.37. The fourth-order valence-electron chi connectivity index (χ4n) is 12.2. The number of aliphatic hydroxyl groups excluding tert-OH is 41. The first kappa shape index (κ1) is 123. The van der Waals surface area contributed by atoms with Gasteiger partial charge in [-0.05, 0) is 6.42 Å². The van der Waals surface area contributed by atoms with E-state index in [0.29, 0.717) is 0 Å². The van der Waals surface area contributed by atoms with E-state index in [9.17, 15) is 111 Å². The van der Waals surface area contributed by atoms with Gasteiger partial charge in [-0.25, -0.2) is 0 Å². The minimum absolute atomic E-state index is 0.0284. The molecule has 53 N–H and O–H groups in total. The zero-order chi connectivity index (χ0) is 98.9. The van der Waals surface area contributed by atoms with Crippen molar-refractivity contribution in [1.82, 2.24) is 0 Å². The number of aldehydes is 2. The lowest BCUT2D eigenvalue weighted by Gasteiger charge is -2.48. The summed E-state index contributed by atoms with van der Waals surface area (Å²) in [5.41, 5.74) is 30.6. The van der Waals surface area contributed by atoms with E-state index in [-0.39, 0.29) is 25.6 Å². The van der Waals surface area contributed by atoms with E-state index in [4.69, 9.17) is 199 Å². The van der Waals surface area contributed by atoms with Crippen molar-refractivity contribution in [3.05, 3.63) is 0 Å². The van der Waals surface area contributed by atoms with Crippen molar-refractivity contribution in [3.8, 4) is 0 Å². The van der Waals surface area contributed by atoms with Gasteiger partial charge in [0.2, 0.25) is 5.79 Å². The Bertz CT molecular complexity index is 2860. The zero-order valence-corrected chi connectivity index (χ0v) is 68.3. The highest BCUT2D eigenvalue weighted by molar-refractivity contribution is 5.85. The molecular weight excluding hydrogens is 1770 g/mol. The monoisotopic (exact) mass is 1900 g/mol. The van der Waals surface area contributed by atoms with Crippen molar-refractivity contribution < 1.29 is 276 Å². The summed E-state index contributed by atoms with van der Waals surface area (Å²) in [5, 5.41) is 384. The highest BCUT2D eigenvalue weighted by atomic mass is 16.8. The van der Waals surface area contributed by atoms with Crippen LogP contribution >= 0.6 is 0 Å². The summed E-state index contributed by atoms with van der Waals surface area (Å²) in [6.45, 7) is -7.86. The Morgan fingerprint density at radius 3 is 1.12 bits per heavy atom. The molecule has 61 nitrogen and oxygen atoms in total. The first-order valence-corrected chi connectivity index (χ1v) is 38.9. The van der Waals surface area contributed by atoms with Crippen LogP contribution in [0.1, 0.15) is 6.42 Å². The molecule has 0 spiro atoms. The molecule has 0 aromatic carbocycles. The molecule has 0 radical (unpaired) electrons. The van der Waals surface area contributed by atoms with Crippen molar-refractivity contribution >= 4 is 18.4 Å².